The monoisotopic (exact) mass is 578 g/mol. The average molecular weight is 579 g/mol. The van der Waals surface area contributed by atoms with Crippen LogP contribution in [-0.4, -0.2) is 26.3 Å². The summed E-state index contributed by atoms with van der Waals surface area (Å²) in [5, 5.41) is 0. The van der Waals surface area contributed by atoms with Gasteiger partial charge in [0.15, 0.2) is 0 Å². The Bertz CT molecular complexity index is 788. The van der Waals surface area contributed by atoms with Crippen LogP contribution < -0.4 is 34.3 Å². The molecule has 39 heavy (non-hydrogen) atoms. The molecule has 4 nitrogen and oxygen atoms in total. The van der Waals surface area contributed by atoms with Crippen molar-refractivity contribution in [3.63, 3.8) is 0 Å². The van der Waals surface area contributed by atoms with E-state index in [1.807, 2.05) is 6.07 Å². The molecule has 1 aromatic carbocycles. The van der Waals surface area contributed by atoms with Crippen LogP contribution >= 0.6 is 0 Å². The predicted molar refractivity (Wildman–Crippen MR) is 157 cm³/mol. The molecule has 0 aliphatic carbocycles. The third-order valence-electron chi connectivity index (χ3n) is 7.40. The van der Waals surface area contributed by atoms with Crippen LogP contribution in [0.3, 0.4) is 0 Å². The third-order valence-corrected chi connectivity index (χ3v) is 8.26. The van der Waals surface area contributed by atoms with Crippen LogP contribution in [0.2, 0.25) is 0 Å². The van der Waals surface area contributed by atoms with E-state index >= 15 is 0 Å². The van der Waals surface area contributed by atoms with E-state index in [1.165, 1.54) is 89.5 Å². The molecule has 0 heterocycles. The van der Waals surface area contributed by atoms with Crippen molar-refractivity contribution in [3.8, 4) is 5.75 Å². The molecule has 7 heteroatoms. The zero-order valence-electron chi connectivity index (χ0n) is 25.3. The zero-order valence-corrected chi connectivity index (χ0v) is 28.1. The standard InChI is InChI=1S/C32H57FO4S.Na/c1-2-3-4-5-6-7-8-9-10-11-12-13-15-18-21-25-30-26-24-27-31(38(34,35)36)32(30)37-29-23-20-17-14-16-19-22-28-33;/h24,26-27H,2-23,25,28-29H2,1H3,(H,34,35,36);/q;+1/p-1. The van der Waals surface area contributed by atoms with Gasteiger partial charge in [0.1, 0.15) is 15.9 Å². The summed E-state index contributed by atoms with van der Waals surface area (Å²) in [6.07, 6.45) is 26.9. The van der Waals surface area contributed by atoms with E-state index in [9.17, 15) is 17.4 Å². The van der Waals surface area contributed by atoms with E-state index in [0.717, 1.165) is 63.4 Å². The Morgan fingerprint density at radius 3 is 1.56 bits per heavy atom. The fourth-order valence-electron chi connectivity index (χ4n) is 5.06. The number of hydrogen-bond donors (Lipinski definition) is 0. The molecule has 0 bridgehead atoms. The van der Waals surface area contributed by atoms with E-state index in [4.69, 9.17) is 4.74 Å². The molecule has 0 aromatic heterocycles. The van der Waals surface area contributed by atoms with Gasteiger partial charge in [-0.1, -0.05) is 141 Å². The van der Waals surface area contributed by atoms with Gasteiger partial charge >= 0.3 is 29.6 Å². The van der Waals surface area contributed by atoms with E-state index in [2.05, 4.69) is 6.92 Å². The van der Waals surface area contributed by atoms with Gasteiger partial charge in [-0.2, -0.15) is 0 Å². The van der Waals surface area contributed by atoms with Crippen molar-refractivity contribution in [1.29, 1.82) is 0 Å². The van der Waals surface area contributed by atoms with Crippen LogP contribution in [0.15, 0.2) is 23.1 Å². The summed E-state index contributed by atoms with van der Waals surface area (Å²) in [5.41, 5.74) is 0.822. The van der Waals surface area contributed by atoms with Gasteiger partial charge in [0.25, 0.3) is 0 Å². The first kappa shape index (κ1) is 38.9. The average Bonchev–Trinajstić information content (AvgIpc) is 2.89. The molecular weight excluding hydrogens is 522 g/mol. The normalized spacial score (nSPS) is 11.5. The van der Waals surface area contributed by atoms with Crippen molar-refractivity contribution in [2.75, 3.05) is 13.3 Å². The summed E-state index contributed by atoms with van der Waals surface area (Å²) in [7, 11) is -4.58. The molecule has 1 rings (SSSR count). The molecular formula is C32H56FNaO4S. The number of unbranched alkanes of at least 4 members (excludes halogenated alkanes) is 20. The van der Waals surface area contributed by atoms with Gasteiger partial charge < -0.3 is 9.29 Å². The molecule has 0 aliphatic heterocycles. The van der Waals surface area contributed by atoms with Crippen molar-refractivity contribution in [2.24, 2.45) is 0 Å². The Morgan fingerprint density at radius 1 is 0.667 bits per heavy atom. The number of halogens is 1. The first-order valence-corrected chi connectivity index (χ1v) is 17.2. The number of benzene rings is 1. The molecule has 0 amide bonds. The number of rotatable bonds is 27. The second-order valence-electron chi connectivity index (χ2n) is 10.9. The van der Waals surface area contributed by atoms with Crippen LogP contribution in [0.25, 0.3) is 0 Å². The Hall–Kier alpha value is -0.140. The van der Waals surface area contributed by atoms with Gasteiger partial charge in [-0.3, -0.25) is 4.39 Å². The second kappa shape index (κ2) is 26.7. The summed E-state index contributed by atoms with van der Waals surface area (Å²) in [6.45, 7) is 2.43. The predicted octanol–water partition coefficient (Wildman–Crippen LogP) is 7.09. The number of aryl methyl sites for hydroxylation is 1. The minimum Gasteiger partial charge on any atom is -0.744 e. The molecule has 0 saturated heterocycles. The quantitative estimate of drug-likeness (QED) is 0.0635. The maximum atomic E-state index is 12.1. The van der Waals surface area contributed by atoms with Crippen molar-refractivity contribution >= 4 is 10.1 Å². The first-order valence-electron chi connectivity index (χ1n) is 15.8. The molecule has 0 N–H and O–H groups in total. The van der Waals surface area contributed by atoms with E-state index in [1.54, 1.807) is 6.07 Å². The molecule has 0 atom stereocenters. The molecule has 0 spiro atoms. The minimum absolute atomic E-state index is 0. The topological polar surface area (TPSA) is 66.4 Å². The van der Waals surface area contributed by atoms with E-state index in [0.29, 0.717) is 13.0 Å². The Labute approximate surface area is 262 Å². The molecule has 0 radical (unpaired) electrons. The van der Waals surface area contributed by atoms with Gasteiger partial charge in [-0.05, 0) is 37.3 Å². The van der Waals surface area contributed by atoms with Crippen molar-refractivity contribution < 1.29 is 51.7 Å². The van der Waals surface area contributed by atoms with Gasteiger partial charge in [0, 0.05) is 0 Å². The third kappa shape index (κ3) is 21.3. The summed E-state index contributed by atoms with van der Waals surface area (Å²) in [5.74, 6) is 0.260. The SMILES string of the molecule is CCCCCCCCCCCCCCCCCc1cccc(S(=O)(=O)[O-])c1OCCCCCCCCCF.[Na+]. The number of ether oxygens (including phenoxy) is 1. The number of hydrogen-bond acceptors (Lipinski definition) is 4. The first-order chi connectivity index (χ1) is 18.5. The fourth-order valence-corrected chi connectivity index (χ4v) is 5.72. The van der Waals surface area contributed by atoms with Gasteiger partial charge in [-0.15, -0.1) is 0 Å². The molecule has 0 aliphatic rings. The summed E-state index contributed by atoms with van der Waals surface area (Å²) >= 11 is 0. The molecule has 0 fully saturated rings. The smallest absolute Gasteiger partial charge is 0.744 e. The number of alkyl halides is 1. The van der Waals surface area contributed by atoms with Crippen LogP contribution in [0, 0.1) is 0 Å². The van der Waals surface area contributed by atoms with Crippen molar-refractivity contribution in [1.82, 2.24) is 0 Å². The summed E-state index contributed by atoms with van der Waals surface area (Å²) < 4.78 is 53.5. The van der Waals surface area contributed by atoms with Crippen LogP contribution in [0.5, 0.6) is 5.75 Å². The second-order valence-corrected chi connectivity index (χ2v) is 12.3. The largest absolute Gasteiger partial charge is 1.00 e. The maximum absolute atomic E-state index is 12.1. The van der Waals surface area contributed by atoms with Crippen LogP contribution in [0.4, 0.5) is 4.39 Å². The summed E-state index contributed by atoms with van der Waals surface area (Å²) in [6, 6.07) is 4.90. The Balaban J connectivity index is 0.0000144. The molecule has 0 saturated carbocycles. The maximum Gasteiger partial charge on any atom is 1.00 e. The Kier molecular flexibility index (Phi) is 26.6. The minimum atomic E-state index is -4.58. The summed E-state index contributed by atoms with van der Waals surface area (Å²) in [4.78, 5) is -0.234. The van der Waals surface area contributed by atoms with Gasteiger partial charge in [0.05, 0.1) is 18.2 Å². The van der Waals surface area contributed by atoms with Crippen molar-refractivity contribution in [2.45, 2.75) is 159 Å². The molecule has 0 unspecified atom stereocenters. The van der Waals surface area contributed by atoms with Crippen LogP contribution in [0.1, 0.15) is 154 Å². The van der Waals surface area contributed by atoms with E-state index in [-0.39, 0.29) is 46.9 Å². The zero-order chi connectivity index (χ0) is 27.7. The Morgan fingerprint density at radius 2 is 1.10 bits per heavy atom. The van der Waals surface area contributed by atoms with Gasteiger partial charge in [-0.25, -0.2) is 8.42 Å². The number of para-hydroxylation sites is 1. The van der Waals surface area contributed by atoms with E-state index < -0.39 is 10.1 Å². The van der Waals surface area contributed by atoms with Gasteiger partial charge in [0.2, 0.25) is 0 Å². The van der Waals surface area contributed by atoms with Crippen LogP contribution in [-0.2, 0) is 16.5 Å². The molecule has 222 valence electrons. The van der Waals surface area contributed by atoms with Crippen molar-refractivity contribution in [3.05, 3.63) is 23.8 Å². The molecule has 1 aromatic rings. The fraction of sp³-hybridized carbons (Fsp3) is 0.812.